The van der Waals surface area contributed by atoms with Crippen molar-refractivity contribution >= 4 is 39.5 Å². The van der Waals surface area contributed by atoms with Crippen LogP contribution in [0.3, 0.4) is 0 Å². The van der Waals surface area contributed by atoms with E-state index in [0.717, 1.165) is 21.5 Å². The van der Waals surface area contributed by atoms with Crippen molar-refractivity contribution in [1.29, 1.82) is 0 Å². The highest BCUT2D eigenvalue weighted by molar-refractivity contribution is 9.10. The van der Waals surface area contributed by atoms with Crippen molar-refractivity contribution in [2.24, 2.45) is 5.73 Å². The van der Waals surface area contributed by atoms with Gasteiger partial charge in [-0.05, 0) is 30.3 Å². The molecule has 1 heterocycles. The van der Waals surface area contributed by atoms with Crippen LogP contribution in [0.15, 0.2) is 46.9 Å². The molecule has 11 heteroatoms. The van der Waals surface area contributed by atoms with Crippen LogP contribution in [0.5, 0.6) is 0 Å². The van der Waals surface area contributed by atoms with Crippen molar-refractivity contribution in [3.05, 3.63) is 64.1 Å². The van der Waals surface area contributed by atoms with Gasteiger partial charge in [-0.15, -0.1) is 0 Å². The lowest BCUT2D eigenvalue weighted by molar-refractivity contribution is -0.127. The molecular weight excluding hydrogens is 476 g/mol. The zero-order chi connectivity index (χ0) is 22.5. The van der Waals surface area contributed by atoms with Crippen molar-refractivity contribution in [2.75, 3.05) is 31.5 Å². The molecule has 31 heavy (non-hydrogen) atoms. The molecule has 2 aromatic rings. The van der Waals surface area contributed by atoms with E-state index in [2.05, 4.69) is 26.6 Å². The third kappa shape index (κ3) is 5.36. The Bertz CT molecular complexity index is 986. The fraction of sp³-hybridized carbons (Fsp3) is 0.250. The first-order valence-corrected chi connectivity index (χ1v) is 10.2. The summed E-state index contributed by atoms with van der Waals surface area (Å²) in [7, 11) is 0. The van der Waals surface area contributed by atoms with Crippen LogP contribution >= 0.6 is 15.9 Å². The van der Waals surface area contributed by atoms with Crippen molar-refractivity contribution in [3.8, 4) is 0 Å². The molecule has 3 rings (SSSR count). The van der Waals surface area contributed by atoms with E-state index in [0.29, 0.717) is 11.8 Å². The van der Waals surface area contributed by atoms with E-state index in [4.69, 9.17) is 5.73 Å². The minimum absolute atomic E-state index is 0.00355. The Balaban J connectivity index is 1.86. The summed E-state index contributed by atoms with van der Waals surface area (Å²) in [5.41, 5.74) is 5.65. The number of urea groups is 1. The number of carbonyl (C=O) groups is 3. The number of benzene rings is 2. The first-order chi connectivity index (χ1) is 14.8. The number of carbonyl (C=O) groups excluding carboxylic acids is 3. The second-order valence-corrected chi connectivity index (χ2v) is 7.66. The Hall–Kier alpha value is -3.05. The predicted molar refractivity (Wildman–Crippen MR) is 113 cm³/mol. The van der Waals surface area contributed by atoms with E-state index in [1.807, 2.05) is 0 Å². The van der Waals surface area contributed by atoms with Crippen LogP contribution in [0, 0.1) is 11.6 Å². The van der Waals surface area contributed by atoms with Gasteiger partial charge >= 0.3 is 6.03 Å². The number of nitrogens with one attached hydrogen (secondary N) is 2. The standard InChI is InChI=1S/C20H20BrF2N5O3/c21-13-2-1-3-16(10-13)26-20(31)28-7-6-27(18(28)17(29)25-5-4-24)19(30)12-8-14(22)11-15(23)9-12/h1-3,8-11,18H,4-7,24H2,(H,25,29)(H,26,31). The molecule has 1 unspecified atom stereocenters. The molecule has 4 amide bonds. The minimum atomic E-state index is -1.31. The maximum atomic E-state index is 13.6. The number of rotatable bonds is 5. The molecular formula is C20H20BrF2N5O3. The van der Waals surface area contributed by atoms with Crippen molar-refractivity contribution in [2.45, 2.75) is 6.17 Å². The molecule has 2 aromatic carbocycles. The normalized spacial score (nSPS) is 15.7. The van der Waals surface area contributed by atoms with Gasteiger partial charge in [-0.1, -0.05) is 22.0 Å². The molecule has 0 aliphatic carbocycles. The fourth-order valence-corrected chi connectivity index (χ4v) is 3.63. The van der Waals surface area contributed by atoms with Crippen LogP contribution < -0.4 is 16.4 Å². The SMILES string of the molecule is NCCNC(=O)C1N(C(=O)Nc2cccc(Br)c2)CCN1C(=O)c1cc(F)cc(F)c1. The van der Waals surface area contributed by atoms with Gasteiger partial charge in [-0.25, -0.2) is 13.6 Å². The van der Waals surface area contributed by atoms with Gasteiger partial charge in [0, 0.05) is 48.0 Å². The molecule has 1 fully saturated rings. The summed E-state index contributed by atoms with van der Waals surface area (Å²) in [6, 6.07) is 8.65. The van der Waals surface area contributed by atoms with Crippen LogP contribution in [0.4, 0.5) is 19.3 Å². The Morgan fingerprint density at radius 3 is 2.39 bits per heavy atom. The van der Waals surface area contributed by atoms with Crippen LogP contribution in [0.25, 0.3) is 0 Å². The van der Waals surface area contributed by atoms with E-state index >= 15 is 0 Å². The molecule has 1 aliphatic rings. The molecule has 0 radical (unpaired) electrons. The van der Waals surface area contributed by atoms with E-state index in [9.17, 15) is 23.2 Å². The molecule has 0 spiro atoms. The van der Waals surface area contributed by atoms with Crippen LogP contribution in [-0.2, 0) is 4.79 Å². The van der Waals surface area contributed by atoms with E-state index in [1.165, 1.54) is 4.90 Å². The summed E-state index contributed by atoms with van der Waals surface area (Å²) in [5, 5.41) is 5.23. The zero-order valence-corrected chi connectivity index (χ0v) is 17.9. The van der Waals surface area contributed by atoms with Gasteiger partial charge in [0.15, 0.2) is 6.17 Å². The highest BCUT2D eigenvalue weighted by Crippen LogP contribution is 2.22. The summed E-state index contributed by atoms with van der Waals surface area (Å²) in [4.78, 5) is 40.8. The smallest absolute Gasteiger partial charge is 0.323 e. The van der Waals surface area contributed by atoms with E-state index in [1.54, 1.807) is 24.3 Å². The van der Waals surface area contributed by atoms with Gasteiger partial charge in [0.05, 0.1) is 0 Å². The molecule has 1 atom stereocenters. The van der Waals surface area contributed by atoms with Crippen LogP contribution in [0.2, 0.25) is 0 Å². The lowest BCUT2D eigenvalue weighted by Gasteiger charge is -2.29. The first kappa shape index (κ1) is 22.6. The summed E-state index contributed by atoms with van der Waals surface area (Å²) in [6.07, 6.45) is -1.31. The van der Waals surface area contributed by atoms with Crippen molar-refractivity contribution in [1.82, 2.24) is 15.1 Å². The molecule has 4 N–H and O–H groups in total. The Labute approximate surface area is 185 Å². The summed E-state index contributed by atoms with van der Waals surface area (Å²) in [5.74, 6) is -3.24. The molecule has 8 nitrogen and oxygen atoms in total. The fourth-order valence-electron chi connectivity index (χ4n) is 3.23. The van der Waals surface area contributed by atoms with Gasteiger partial charge in [0.2, 0.25) is 0 Å². The largest absolute Gasteiger partial charge is 0.351 e. The highest BCUT2D eigenvalue weighted by Gasteiger charge is 2.43. The number of amides is 4. The topological polar surface area (TPSA) is 108 Å². The maximum absolute atomic E-state index is 13.6. The average molecular weight is 496 g/mol. The summed E-state index contributed by atoms with van der Waals surface area (Å²) in [6.45, 7) is 0.340. The molecule has 1 aliphatic heterocycles. The third-order valence-corrected chi connectivity index (χ3v) is 5.05. The van der Waals surface area contributed by atoms with Crippen LogP contribution in [0.1, 0.15) is 10.4 Å². The Morgan fingerprint density at radius 1 is 1.06 bits per heavy atom. The number of hydrogen-bond donors (Lipinski definition) is 3. The summed E-state index contributed by atoms with van der Waals surface area (Å²) < 4.78 is 27.9. The second kappa shape index (κ2) is 9.84. The Morgan fingerprint density at radius 2 is 1.74 bits per heavy atom. The monoisotopic (exact) mass is 495 g/mol. The van der Waals surface area contributed by atoms with Crippen LogP contribution in [-0.4, -0.2) is 60.0 Å². The predicted octanol–water partition coefficient (Wildman–Crippen LogP) is 2.12. The number of hydrogen-bond acceptors (Lipinski definition) is 4. The quantitative estimate of drug-likeness (QED) is 0.590. The van der Waals surface area contributed by atoms with Crippen molar-refractivity contribution in [3.63, 3.8) is 0 Å². The molecule has 164 valence electrons. The number of nitrogens with two attached hydrogens (primary N) is 1. The van der Waals surface area contributed by atoms with E-state index in [-0.39, 0.29) is 31.7 Å². The average Bonchev–Trinajstić information content (AvgIpc) is 3.16. The number of nitrogens with zero attached hydrogens (tertiary/aromatic N) is 2. The van der Waals surface area contributed by atoms with E-state index < -0.39 is 35.6 Å². The molecule has 0 saturated carbocycles. The number of halogens is 3. The number of anilines is 1. The van der Waals surface area contributed by atoms with Gasteiger partial charge in [-0.2, -0.15) is 0 Å². The minimum Gasteiger partial charge on any atom is -0.351 e. The first-order valence-electron chi connectivity index (χ1n) is 9.38. The zero-order valence-electron chi connectivity index (χ0n) is 16.3. The van der Waals surface area contributed by atoms with Gasteiger partial charge in [-0.3, -0.25) is 14.5 Å². The molecule has 1 saturated heterocycles. The van der Waals surface area contributed by atoms with Gasteiger partial charge in [0.25, 0.3) is 11.8 Å². The van der Waals surface area contributed by atoms with Gasteiger partial charge in [0.1, 0.15) is 11.6 Å². The summed E-state index contributed by atoms with van der Waals surface area (Å²) >= 11 is 3.31. The lowest BCUT2D eigenvalue weighted by Crippen LogP contribution is -2.55. The maximum Gasteiger partial charge on any atom is 0.323 e. The van der Waals surface area contributed by atoms with Gasteiger partial charge < -0.3 is 21.3 Å². The lowest BCUT2D eigenvalue weighted by atomic mass is 10.2. The van der Waals surface area contributed by atoms with Crippen molar-refractivity contribution < 1.29 is 23.2 Å². The molecule has 0 aromatic heterocycles. The second-order valence-electron chi connectivity index (χ2n) is 6.74. The molecule has 0 bridgehead atoms. The highest BCUT2D eigenvalue weighted by atomic mass is 79.9. The Kier molecular flexibility index (Phi) is 7.18. The third-order valence-electron chi connectivity index (χ3n) is 4.56.